The van der Waals surface area contributed by atoms with Crippen molar-refractivity contribution < 1.29 is 29.0 Å². The molecule has 1 rings (SSSR count). The molecule has 162 valence electrons. The molecular formula is C19H34N2O6S. The Bertz CT molecular complexity index is 551. The molecular weight excluding hydrogens is 384 g/mol. The zero-order chi connectivity index (χ0) is 21.4. The Labute approximate surface area is 171 Å². The molecule has 0 radical (unpaired) electrons. The van der Waals surface area contributed by atoms with Crippen LogP contribution in [-0.4, -0.2) is 65.5 Å². The molecule has 3 N–H and O–H groups in total. The van der Waals surface area contributed by atoms with Crippen molar-refractivity contribution in [2.24, 2.45) is 5.41 Å². The van der Waals surface area contributed by atoms with Crippen LogP contribution >= 0.6 is 11.8 Å². The summed E-state index contributed by atoms with van der Waals surface area (Å²) in [7, 11) is 0. The number of carbonyl (C=O) groups is 3. The number of nitrogens with one attached hydrogen (secondary N) is 2. The van der Waals surface area contributed by atoms with Crippen molar-refractivity contribution in [2.75, 3.05) is 25.4 Å². The highest BCUT2D eigenvalue weighted by molar-refractivity contribution is 8.13. The maximum Gasteiger partial charge on any atom is 0.249 e. The summed E-state index contributed by atoms with van der Waals surface area (Å²) in [5, 5.41) is 14.6. The number of thioether (sulfide) groups is 1. The predicted octanol–water partition coefficient (Wildman–Crippen LogP) is 1.21. The number of hydrogen-bond acceptors (Lipinski definition) is 7. The van der Waals surface area contributed by atoms with E-state index in [1.165, 1.54) is 0 Å². The third-order valence-electron chi connectivity index (χ3n) is 4.25. The summed E-state index contributed by atoms with van der Waals surface area (Å²) >= 11 is 1.14. The number of aliphatic hydroxyl groups is 1. The number of amides is 2. The van der Waals surface area contributed by atoms with Crippen LogP contribution in [0.4, 0.5) is 0 Å². The van der Waals surface area contributed by atoms with Crippen LogP contribution in [0.3, 0.4) is 0 Å². The minimum absolute atomic E-state index is 0.00409. The molecule has 0 unspecified atom stereocenters. The highest BCUT2D eigenvalue weighted by Crippen LogP contribution is 2.34. The van der Waals surface area contributed by atoms with Crippen LogP contribution in [-0.2, 0) is 23.9 Å². The van der Waals surface area contributed by atoms with E-state index in [1.54, 1.807) is 20.8 Å². The van der Waals surface area contributed by atoms with Crippen LogP contribution in [0.5, 0.6) is 0 Å². The molecule has 0 saturated carbocycles. The second kappa shape index (κ2) is 11.1. The predicted molar refractivity (Wildman–Crippen MR) is 108 cm³/mol. The van der Waals surface area contributed by atoms with Gasteiger partial charge in [-0.25, -0.2) is 0 Å². The summed E-state index contributed by atoms with van der Waals surface area (Å²) in [5.41, 5.74) is -0.459. The normalized spacial score (nSPS) is 21.6. The van der Waals surface area contributed by atoms with Gasteiger partial charge in [0.2, 0.25) is 11.8 Å². The molecule has 9 heteroatoms. The second-order valence-corrected chi connectivity index (χ2v) is 9.33. The molecule has 2 amide bonds. The molecule has 1 fully saturated rings. The van der Waals surface area contributed by atoms with Gasteiger partial charge in [0.25, 0.3) is 0 Å². The second-order valence-electron chi connectivity index (χ2n) is 8.17. The van der Waals surface area contributed by atoms with Crippen molar-refractivity contribution in [1.29, 1.82) is 0 Å². The van der Waals surface area contributed by atoms with E-state index in [4.69, 9.17) is 14.6 Å². The SMILES string of the molecule is C[C@@H](O)CCC(=O)SCCNC(=O)CCNC(=O)[C@@H]1OC(C)(C)OCC1(C)C. The number of ether oxygens (including phenoxy) is 2. The first-order chi connectivity index (χ1) is 12.9. The Balaban J connectivity index is 2.21. The van der Waals surface area contributed by atoms with Gasteiger partial charge in [-0.05, 0) is 27.2 Å². The molecule has 0 aromatic rings. The maximum atomic E-state index is 12.4. The monoisotopic (exact) mass is 418 g/mol. The van der Waals surface area contributed by atoms with Crippen LogP contribution in [0.25, 0.3) is 0 Å². The minimum atomic E-state index is -0.820. The number of aliphatic hydroxyl groups excluding tert-OH is 1. The van der Waals surface area contributed by atoms with E-state index in [0.29, 0.717) is 31.7 Å². The molecule has 2 atom stereocenters. The largest absolute Gasteiger partial charge is 0.393 e. The quantitative estimate of drug-likeness (QED) is 0.457. The van der Waals surface area contributed by atoms with Crippen molar-refractivity contribution in [1.82, 2.24) is 10.6 Å². The fourth-order valence-corrected chi connectivity index (χ4v) is 3.25. The summed E-state index contributed by atoms with van der Waals surface area (Å²) in [6.07, 6.45) is -0.211. The zero-order valence-corrected chi connectivity index (χ0v) is 18.3. The Morgan fingerprint density at radius 3 is 2.46 bits per heavy atom. The van der Waals surface area contributed by atoms with Gasteiger partial charge in [0, 0.05) is 37.1 Å². The third-order valence-corrected chi connectivity index (χ3v) is 5.18. The van der Waals surface area contributed by atoms with Gasteiger partial charge in [-0.2, -0.15) is 0 Å². The topological polar surface area (TPSA) is 114 Å². The van der Waals surface area contributed by atoms with Gasteiger partial charge in [-0.15, -0.1) is 0 Å². The van der Waals surface area contributed by atoms with E-state index < -0.39 is 23.4 Å². The Kier molecular flexibility index (Phi) is 9.89. The Hall–Kier alpha value is -1.16. The fourth-order valence-electron chi connectivity index (χ4n) is 2.56. The summed E-state index contributed by atoms with van der Waals surface area (Å²) in [6, 6.07) is 0. The Morgan fingerprint density at radius 2 is 1.82 bits per heavy atom. The third kappa shape index (κ3) is 9.36. The first-order valence-electron chi connectivity index (χ1n) is 9.63. The Morgan fingerprint density at radius 1 is 1.14 bits per heavy atom. The highest BCUT2D eigenvalue weighted by Gasteiger charge is 2.45. The molecule has 0 aromatic carbocycles. The molecule has 1 heterocycles. The van der Waals surface area contributed by atoms with Crippen LogP contribution in [0.2, 0.25) is 0 Å². The molecule has 0 aliphatic carbocycles. The van der Waals surface area contributed by atoms with Crippen LogP contribution in [0, 0.1) is 5.41 Å². The lowest BCUT2D eigenvalue weighted by atomic mass is 9.85. The van der Waals surface area contributed by atoms with Crippen LogP contribution in [0.1, 0.15) is 53.9 Å². The highest BCUT2D eigenvalue weighted by atomic mass is 32.2. The number of rotatable bonds is 10. The minimum Gasteiger partial charge on any atom is -0.393 e. The van der Waals surface area contributed by atoms with Gasteiger partial charge in [-0.1, -0.05) is 25.6 Å². The van der Waals surface area contributed by atoms with E-state index in [2.05, 4.69) is 10.6 Å². The van der Waals surface area contributed by atoms with Gasteiger partial charge in [-0.3, -0.25) is 14.4 Å². The van der Waals surface area contributed by atoms with Gasteiger partial charge in [0.05, 0.1) is 12.7 Å². The average Bonchev–Trinajstić information content (AvgIpc) is 2.59. The number of carbonyl (C=O) groups excluding carboxylic acids is 3. The molecule has 1 saturated heterocycles. The number of hydrogen-bond donors (Lipinski definition) is 3. The van der Waals surface area contributed by atoms with Crippen LogP contribution in [0.15, 0.2) is 0 Å². The fraction of sp³-hybridized carbons (Fsp3) is 0.842. The van der Waals surface area contributed by atoms with Gasteiger partial charge in [0.15, 0.2) is 10.9 Å². The lowest BCUT2D eigenvalue weighted by Gasteiger charge is -2.44. The zero-order valence-electron chi connectivity index (χ0n) is 17.5. The molecule has 0 aromatic heterocycles. The molecule has 8 nitrogen and oxygen atoms in total. The summed E-state index contributed by atoms with van der Waals surface area (Å²) < 4.78 is 11.4. The standard InChI is InChI=1S/C19H34N2O6S/c1-13(22)6-7-15(24)28-11-10-20-14(23)8-9-21-17(25)16-18(2,3)12-26-19(4,5)27-16/h13,16,22H,6-12H2,1-5H3,(H,20,23)(H,21,25)/t13-,16+/m1/s1. The van der Waals surface area contributed by atoms with Gasteiger partial charge in [0.1, 0.15) is 6.10 Å². The summed E-state index contributed by atoms with van der Waals surface area (Å²) in [4.78, 5) is 35.9. The molecule has 0 bridgehead atoms. The first kappa shape index (κ1) is 24.9. The molecule has 28 heavy (non-hydrogen) atoms. The first-order valence-corrected chi connectivity index (χ1v) is 10.6. The van der Waals surface area contributed by atoms with E-state index >= 15 is 0 Å². The van der Waals surface area contributed by atoms with E-state index in [9.17, 15) is 14.4 Å². The van der Waals surface area contributed by atoms with Crippen molar-refractivity contribution in [2.45, 2.75) is 71.9 Å². The van der Waals surface area contributed by atoms with Crippen molar-refractivity contribution in [3.63, 3.8) is 0 Å². The molecule has 0 spiro atoms. The maximum absolute atomic E-state index is 12.4. The van der Waals surface area contributed by atoms with Crippen molar-refractivity contribution in [3.05, 3.63) is 0 Å². The van der Waals surface area contributed by atoms with Gasteiger partial charge < -0.3 is 25.2 Å². The lowest BCUT2D eigenvalue weighted by Crippen LogP contribution is -2.56. The summed E-state index contributed by atoms with van der Waals surface area (Å²) in [6.45, 7) is 9.98. The summed E-state index contributed by atoms with van der Waals surface area (Å²) in [5.74, 6) is -0.784. The van der Waals surface area contributed by atoms with Crippen molar-refractivity contribution >= 4 is 28.7 Å². The van der Waals surface area contributed by atoms with E-state index in [1.807, 2.05) is 13.8 Å². The van der Waals surface area contributed by atoms with E-state index in [0.717, 1.165) is 11.8 Å². The molecule has 1 aliphatic heterocycles. The molecule has 1 aliphatic rings. The van der Waals surface area contributed by atoms with Crippen molar-refractivity contribution in [3.8, 4) is 0 Å². The van der Waals surface area contributed by atoms with Crippen LogP contribution < -0.4 is 10.6 Å². The smallest absolute Gasteiger partial charge is 0.249 e. The van der Waals surface area contributed by atoms with Gasteiger partial charge >= 0.3 is 0 Å². The van der Waals surface area contributed by atoms with E-state index in [-0.39, 0.29) is 29.9 Å². The lowest BCUT2D eigenvalue weighted by molar-refractivity contribution is -0.304. The average molecular weight is 419 g/mol.